The molecule has 1 aromatic heterocycles. The average molecular weight is 353 g/mol. The summed E-state index contributed by atoms with van der Waals surface area (Å²) in [5.74, 6) is 0.782. The van der Waals surface area contributed by atoms with Crippen LogP contribution in [0.15, 0.2) is 24.5 Å². The lowest BCUT2D eigenvalue weighted by Gasteiger charge is -2.17. The van der Waals surface area contributed by atoms with Crippen molar-refractivity contribution in [3.8, 4) is 11.5 Å². The van der Waals surface area contributed by atoms with Crippen LogP contribution in [0.1, 0.15) is 5.56 Å². The van der Waals surface area contributed by atoms with Gasteiger partial charge in [-0.3, -0.25) is 14.4 Å². The number of aryl methyl sites for hydroxylation is 1. The molecule has 0 aliphatic carbocycles. The molecule has 2 aromatic rings. The molecule has 2 rings (SSSR count). The van der Waals surface area contributed by atoms with Gasteiger partial charge in [-0.05, 0) is 7.05 Å². The van der Waals surface area contributed by atoms with Gasteiger partial charge in [-0.2, -0.15) is 5.10 Å². The maximum atomic E-state index is 12.3. The minimum Gasteiger partial charge on any atom is -0.495 e. The van der Waals surface area contributed by atoms with Gasteiger partial charge in [0.2, 0.25) is 5.91 Å². The van der Waals surface area contributed by atoms with Crippen molar-refractivity contribution in [1.82, 2.24) is 14.7 Å². The number of nitrogens with one attached hydrogen (secondary N) is 1. The summed E-state index contributed by atoms with van der Waals surface area (Å²) in [4.78, 5) is 14.2. The molecule has 0 saturated heterocycles. The number of benzene rings is 1. The van der Waals surface area contributed by atoms with E-state index in [-0.39, 0.29) is 12.5 Å². The second kappa shape index (κ2) is 8.03. The number of amides is 1. The third-order valence-corrected chi connectivity index (χ3v) is 3.67. The number of rotatable bonds is 7. The molecule has 0 radical (unpaired) electrons. The summed E-state index contributed by atoms with van der Waals surface area (Å²) in [5.41, 5.74) is 1.55. The molecule has 0 unspecified atom stereocenters. The van der Waals surface area contributed by atoms with E-state index in [1.165, 1.54) is 14.2 Å². The molecule has 8 heteroatoms. The summed E-state index contributed by atoms with van der Waals surface area (Å²) < 4.78 is 12.2. The zero-order valence-corrected chi connectivity index (χ0v) is 14.9. The van der Waals surface area contributed by atoms with Gasteiger partial charge in [0.05, 0.1) is 37.7 Å². The van der Waals surface area contributed by atoms with Crippen molar-refractivity contribution in [3.05, 3.63) is 35.1 Å². The van der Waals surface area contributed by atoms with Crippen LogP contribution >= 0.6 is 11.6 Å². The normalized spacial score (nSPS) is 10.8. The van der Waals surface area contributed by atoms with Crippen LogP contribution in [0.3, 0.4) is 0 Å². The first-order valence-corrected chi connectivity index (χ1v) is 7.68. The van der Waals surface area contributed by atoms with Crippen molar-refractivity contribution < 1.29 is 14.3 Å². The number of aromatic nitrogens is 2. The number of carbonyl (C=O) groups is 1. The summed E-state index contributed by atoms with van der Waals surface area (Å²) in [6, 6.07) is 3.25. The summed E-state index contributed by atoms with van der Waals surface area (Å²) in [6.07, 6.45) is 3.70. The van der Waals surface area contributed by atoms with Crippen LogP contribution in [-0.2, 0) is 18.4 Å². The molecule has 0 bridgehead atoms. The smallest absolute Gasteiger partial charge is 0.238 e. The number of hydrogen-bond acceptors (Lipinski definition) is 5. The number of nitrogens with zero attached hydrogens (tertiary/aromatic N) is 3. The minimum absolute atomic E-state index is 0.163. The van der Waals surface area contributed by atoms with Gasteiger partial charge < -0.3 is 14.8 Å². The first kappa shape index (κ1) is 18.1. The van der Waals surface area contributed by atoms with E-state index in [9.17, 15) is 4.79 Å². The number of hydrogen-bond donors (Lipinski definition) is 1. The second-order valence-electron chi connectivity index (χ2n) is 5.43. The quantitative estimate of drug-likeness (QED) is 0.827. The molecule has 130 valence electrons. The van der Waals surface area contributed by atoms with Gasteiger partial charge in [0, 0.05) is 37.5 Å². The maximum absolute atomic E-state index is 12.3. The monoisotopic (exact) mass is 352 g/mol. The Labute approximate surface area is 146 Å². The fraction of sp³-hybridized carbons (Fsp3) is 0.375. The highest BCUT2D eigenvalue weighted by atomic mass is 35.5. The molecule has 1 heterocycles. The lowest BCUT2D eigenvalue weighted by molar-refractivity contribution is -0.117. The van der Waals surface area contributed by atoms with Crippen LogP contribution < -0.4 is 14.8 Å². The third kappa shape index (κ3) is 4.62. The molecular weight excluding hydrogens is 332 g/mol. The van der Waals surface area contributed by atoms with Crippen LogP contribution in [0, 0.1) is 0 Å². The van der Waals surface area contributed by atoms with Crippen LogP contribution in [-0.4, -0.2) is 48.4 Å². The molecule has 7 nitrogen and oxygen atoms in total. The molecule has 0 atom stereocenters. The van der Waals surface area contributed by atoms with Crippen molar-refractivity contribution >= 4 is 23.2 Å². The van der Waals surface area contributed by atoms with E-state index in [0.29, 0.717) is 28.8 Å². The van der Waals surface area contributed by atoms with Crippen LogP contribution in [0.2, 0.25) is 5.02 Å². The Morgan fingerprint density at radius 1 is 1.33 bits per heavy atom. The largest absolute Gasteiger partial charge is 0.495 e. The zero-order chi connectivity index (χ0) is 17.7. The van der Waals surface area contributed by atoms with E-state index in [1.807, 2.05) is 25.2 Å². The molecule has 0 spiro atoms. The van der Waals surface area contributed by atoms with Gasteiger partial charge in [-0.1, -0.05) is 11.6 Å². The number of likely N-dealkylation sites (N-methyl/N-ethyl adjacent to an activating group) is 1. The van der Waals surface area contributed by atoms with Crippen molar-refractivity contribution in [2.75, 3.05) is 33.1 Å². The van der Waals surface area contributed by atoms with Gasteiger partial charge in [0.25, 0.3) is 0 Å². The Balaban J connectivity index is 2.01. The topological polar surface area (TPSA) is 68.6 Å². The molecule has 1 aromatic carbocycles. The number of methoxy groups -OCH3 is 2. The van der Waals surface area contributed by atoms with Crippen LogP contribution in [0.5, 0.6) is 11.5 Å². The summed E-state index contributed by atoms with van der Waals surface area (Å²) in [7, 11) is 6.76. The van der Waals surface area contributed by atoms with Gasteiger partial charge in [-0.25, -0.2) is 0 Å². The second-order valence-corrected chi connectivity index (χ2v) is 5.84. The van der Waals surface area contributed by atoms with E-state index in [0.717, 1.165) is 5.56 Å². The lowest BCUT2D eigenvalue weighted by Crippen LogP contribution is -2.29. The van der Waals surface area contributed by atoms with E-state index < -0.39 is 0 Å². The minimum atomic E-state index is -0.163. The van der Waals surface area contributed by atoms with Crippen molar-refractivity contribution in [2.45, 2.75) is 6.54 Å². The summed E-state index contributed by atoms with van der Waals surface area (Å²) >= 11 is 6.06. The molecule has 0 aliphatic rings. The highest BCUT2D eigenvalue weighted by molar-refractivity contribution is 6.32. The predicted molar refractivity (Wildman–Crippen MR) is 92.7 cm³/mol. The van der Waals surface area contributed by atoms with Crippen LogP contribution in [0.25, 0.3) is 0 Å². The summed E-state index contributed by atoms with van der Waals surface area (Å²) in [6.45, 7) is 0.853. The first-order chi connectivity index (χ1) is 11.4. The van der Waals surface area contributed by atoms with Crippen molar-refractivity contribution in [2.24, 2.45) is 7.05 Å². The number of ether oxygens (including phenoxy) is 2. The fourth-order valence-corrected chi connectivity index (χ4v) is 2.54. The Kier molecular flexibility index (Phi) is 6.05. The first-order valence-electron chi connectivity index (χ1n) is 7.30. The van der Waals surface area contributed by atoms with E-state index in [2.05, 4.69) is 10.4 Å². The van der Waals surface area contributed by atoms with Crippen molar-refractivity contribution in [3.63, 3.8) is 0 Å². The van der Waals surface area contributed by atoms with Crippen LogP contribution in [0.4, 0.5) is 5.69 Å². The van der Waals surface area contributed by atoms with Gasteiger partial charge in [0.15, 0.2) is 0 Å². The van der Waals surface area contributed by atoms with Gasteiger partial charge >= 0.3 is 0 Å². The molecule has 0 saturated carbocycles. The fourth-order valence-electron chi connectivity index (χ4n) is 2.31. The standard InChI is InChI=1S/C16H21ClN4O3/c1-20(8-11-7-18-21(2)9-11)10-16(22)19-13-6-14(23-3)12(17)5-15(13)24-4/h5-7,9H,8,10H2,1-4H3,(H,19,22). The lowest BCUT2D eigenvalue weighted by atomic mass is 10.2. The molecular formula is C16H21ClN4O3. The number of anilines is 1. The molecule has 1 amide bonds. The van der Waals surface area contributed by atoms with E-state index in [4.69, 9.17) is 21.1 Å². The van der Waals surface area contributed by atoms with Gasteiger partial charge in [0.1, 0.15) is 11.5 Å². The highest BCUT2D eigenvalue weighted by Crippen LogP contribution is 2.35. The van der Waals surface area contributed by atoms with Crippen molar-refractivity contribution in [1.29, 1.82) is 0 Å². The number of halogens is 1. The molecule has 24 heavy (non-hydrogen) atoms. The third-order valence-electron chi connectivity index (χ3n) is 3.37. The average Bonchev–Trinajstić information content (AvgIpc) is 2.93. The maximum Gasteiger partial charge on any atom is 0.238 e. The van der Waals surface area contributed by atoms with E-state index in [1.54, 1.807) is 23.0 Å². The summed E-state index contributed by atoms with van der Waals surface area (Å²) in [5, 5.41) is 7.35. The highest BCUT2D eigenvalue weighted by Gasteiger charge is 2.14. The molecule has 0 aliphatic heterocycles. The Morgan fingerprint density at radius 2 is 2.04 bits per heavy atom. The Morgan fingerprint density at radius 3 is 2.62 bits per heavy atom. The zero-order valence-electron chi connectivity index (χ0n) is 14.2. The Hall–Kier alpha value is -2.25. The number of carbonyl (C=O) groups excluding carboxylic acids is 1. The van der Waals surface area contributed by atoms with E-state index >= 15 is 0 Å². The molecule has 0 fully saturated rings. The SMILES string of the molecule is COc1cc(NC(=O)CN(C)Cc2cnn(C)c2)c(OC)cc1Cl. The molecule has 1 N–H and O–H groups in total. The predicted octanol–water partition coefficient (Wildman–Crippen LogP) is 2.16. The Bertz CT molecular complexity index is 717. The van der Waals surface area contributed by atoms with Gasteiger partial charge in [-0.15, -0.1) is 0 Å².